The number of carbonyl (C=O) groups is 1. The molecule has 1 aromatic carbocycles. The van der Waals surface area contributed by atoms with Gasteiger partial charge in [0.25, 0.3) is 0 Å². The van der Waals surface area contributed by atoms with E-state index in [1.54, 1.807) is 12.4 Å². The fraction of sp³-hybridized carbons (Fsp3) is 0.211. The molecule has 3 heterocycles. The molecule has 2 unspecified atom stereocenters. The fourth-order valence-corrected chi connectivity index (χ4v) is 3.25. The van der Waals surface area contributed by atoms with E-state index in [1.807, 2.05) is 48.5 Å². The lowest BCUT2D eigenvalue weighted by Crippen LogP contribution is -2.54. The van der Waals surface area contributed by atoms with Crippen molar-refractivity contribution < 1.29 is 14.6 Å². The Morgan fingerprint density at radius 2 is 2.08 bits per heavy atom. The zero-order valence-corrected chi connectivity index (χ0v) is 13.4. The summed E-state index contributed by atoms with van der Waals surface area (Å²) >= 11 is 0. The molecule has 0 bridgehead atoms. The van der Waals surface area contributed by atoms with Crippen LogP contribution in [-0.4, -0.2) is 39.2 Å². The Balaban J connectivity index is 1.48. The van der Waals surface area contributed by atoms with Crippen LogP contribution < -0.4 is 4.74 Å². The van der Waals surface area contributed by atoms with Crippen LogP contribution in [-0.2, 0) is 0 Å². The minimum absolute atomic E-state index is 0.0774. The largest absolute Gasteiger partial charge is 0.477 e. The number of benzene rings is 1. The predicted molar refractivity (Wildman–Crippen MR) is 92.4 cm³/mol. The molecule has 1 aliphatic heterocycles. The van der Waals surface area contributed by atoms with E-state index in [4.69, 9.17) is 4.74 Å². The second-order valence-corrected chi connectivity index (χ2v) is 6.08. The zero-order valence-electron chi connectivity index (χ0n) is 13.4. The Kier molecular flexibility index (Phi) is 3.93. The van der Waals surface area contributed by atoms with E-state index in [0.717, 1.165) is 16.5 Å². The topological polar surface area (TPSA) is 75.5 Å². The molecular weight excluding hydrogens is 318 g/mol. The number of pyridine rings is 2. The van der Waals surface area contributed by atoms with Gasteiger partial charge in [-0.25, -0.2) is 9.78 Å². The quantitative estimate of drug-likeness (QED) is 0.791. The number of carboxylic acid groups (broad SMARTS) is 1. The lowest BCUT2D eigenvalue weighted by molar-refractivity contribution is -0.00113. The van der Waals surface area contributed by atoms with Gasteiger partial charge in [0, 0.05) is 36.3 Å². The van der Waals surface area contributed by atoms with E-state index in [0.29, 0.717) is 19.0 Å². The van der Waals surface area contributed by atoms with Crippen molar-refractivity contribution >= 4 is 17.0 Å². The molecule has 3 aromatic rings. The second kappa shape index (κ2) is 6.39. The van der Waals surface area contributed by atoms with Crippen molar-refractivity contribution in [3.63, 3.8) is 0 Å². The third kappa shape index (κ3) is 2.98. The maximum absolute atomic E-state index is 11.4. The SMILES string of the molecule is O=C(O)N1CC(COc2ccc3ccccc3n2)C1c1cccnc1. The molecule has 25 heavy (non-hydrogen) atoms. The number of fused-ring (bicyclic) bond motifs is 1. The van der Waals surface area contributed by atoms with Gasteiger partial charge < -0.3 is 14.7 Å². The van der Waals surface area contributed by atoms with E-state index in [-0.39, 0.29) is 12.0 Å². The summed E-state index contributed by atoms with van der Waals surface area (Å²) in [5.74, 6) is 0.631. The summed E-state index contributed by atoms with van der Waals surface area (Å²) in [6.07, 6.45) is 2.47. The Hall–Kier alpha value is -3.15. The van der Waals surface area contributed by atoms with Gasteiger partial charge in [0.2, 0.25) is 5.88 Å². The first-order valence-electron chi connectivity index (χ1n) is 8.10. The van der Waals surface area contributed by atoms with Crippen LogP contribution >= 0.6 is 0 Å². The highest BCUT2D eigenvalue weighted by Gasteiger charge is 2.43. The first-order valence-corrected chi connectivity index (χ1v) is 8.10. The number of para-hydroxylation sites is 1. The molecule has 4 rings (SSSR count). The molecule has 2 aromatic heterocycles. The van der Waals surface area contributed by atoms with Crippen molar-refractivity contribution in [3.05, 3.63) is 66.5 Å². The number of hydrogen-bond acceptors (Lipinski definition) is 4. The van der Waals surface area contributed by atoms with Gasteiger partial charge in [-0.2, -0.15) is 0 Å². The molecule has 126 valence electrons. The maximum Gasteiger partial charge on any atom is 0.407 e. The molecule has 1 aliphatic rings. The molecule has 0 saturated carbocycles. The van der Waals surface area contributed by atoms with E-state index < -0.39 is 6.09 Å². The van der Waals surface area contributed by atoms with Crippen molar-refractivity contribution in [3.8, 4) is 5.88 Å². The van der Waals surface area contributed by atoms with Crippen molar-refractivity contribution in [1.82, 2.24) is 14.9 Å². The lowest BCUT2D eigenvalue weighted by atomic mass is 9.85. The molecule has 0 spiro atoms. The average Bonchev–Trinajstić information content (AvgIpc) is 2.61. The van der Waals surface area contributed by atoms with Crippen LogP contribution in [0, 0.1) is 5.92 Å². The minimum atomic E-state index is -0.922. The number of ether oxygens (including phenoxy) is 1. The van der Waals surface area contributed by atoms with E-state index in [2.05, 4.69) is 9.97 Å². The zero-order chi connectivity index (χ0) is 17.2. The van der Waals surface area contributed by atoms with Gasteiger partial charge in [-0.15, -0.1) is 0 Å². The van der Waals surface area contributed by atoms with Crippen LogP contribution in [0.2, 0.25) is 0 Å². The van der Waals surface area contributed by atoms with Gasteiger partial charge >= 0.3 is 6.09 Å². The Bertz CT molecular complexity index is 901. The number of rotatable bonds is 4. The standard InChI is InChI=1S/C19H17N3O3/c23-19(24)22-11-15(18(22)14-5-3-9-20-10-14)12-25-17-8-7-13-4-1-2-6-16(13)21-17/h1-10,15,18H,11-12H2,(H,23,24). The first kappa shape index (κ1) is 15.4. The maximum atomic E-state index is 11.4. The highest BCUT2D eigenvalue weighted by Crippen LogP contribution is 2.38. The molecule has 1 saturated heterocycles. The summed E-state index contributed by atoms with van der Waals surface area (Å²) in [7, 11) is 0. The van der Waals surface area contributed by atoms with Crippen LogP contribution in [0.15, 0.2) is 60.9 Å². The van der Waals surface area contributed by atoms with Crippen LogP contribution in [0.5, 0.6) is 5.88 Å². The van der Waals surface area contributed by atoms with E-state index in [9.17, 15) is 9.90 Å². The molecular formula is C19H17N3O3. The molecule has 0 radical (unpaired) electrons. The summed E-state index contributed by atoms with van der Waals surface area (Å²) in [4.78, 5) is 21.4. The van der Waals surface area contributed by atoms with Crippen molar-refractivity contribution in [2.45, 2.75) is 6.04 Å². The summed E-state index contributed by atoms with van der Waals surface area (Å²) in [6, 6.07) is 15.1. The minimum Gasteiger partial charge on any atom is -0.477 e. The Morgan fingerprint density at radius 3 is 2.88 bits per heavy atom. The number of hydrogen-bond donors (Lipinski definition) is 1. The smallest absolute Gasteiger partial charge is 0.407 e. The summed E-state index contributed by atoms with van der Waals surface area (Å²) in [5.41, 5.74) is 1.76. The molecule has 1 amide bonds. The molecule has 1 N–H and O–H groups in total. The average molecular weight is 335 g/mol. The van der Waals surface area contributed by atoms with Gasteiger partial charge in [-0.1, -0.05) is 24.3 Å². The van der Waals surface area contributed by atoms with Crippen LogP contribution in [0.25, 0.3) is 10.9 Å². The first-order chi connectivity index (χ1) is 12.2. The van der Waals surface area contributed by atoms with Gasteiger partial charge in [0.15, 0.2) is 0 Å². The number of nitrogens with zero attached hydrogens (tertiary/aromatic N) is 3. The third-order valence-corrected chi connectivity index (χ3v) is 4.50. The van der Waals surface area contributed by atoms with Gasteiger partial charge in [0.05, 0.1) is 18.2 Å². The molecule has 0 aliphatic carbocycles. The van der Waals surface area contributed by atoms with Crippen molar-refractivity contribution in [2.24, 2.45) is 5.92 Å². The van der Waals surface area contributed by atoms with Crippen LogP contribution in [0.1, 0.15) is 11.6 Å². The highest BCUT2D eigenvalue weighted by molar-refractivity contribution is 5.78. The Labute approximate surface area is 144 Å². The summed E-state index contributed by atoms with van der Waals surface area (Å²) < 4.78 is 5.85. The highest BCUT2D eigenvalue weighted by atomic mass is 16.5. The second-order valence-electron chi connectivity index (χ2n) is 6.08. The number of amides is 1. The fourth-order valence-electron chi connectivity index (χ4n) is 3.25. The normalized spacial score (nSPS) is 19.4. The Morgan fingerprint density at radius 1 is 1.20 bits per heavy atom. The molecule has 6 heteroatoms. The van der Waals surface area contributed by atoms with Gasteiger partial charge in [-0.3, -0.25) is 4.98 Å². The lowest BCUT2D eigenvalue weighted by Gasteiger charge is -2.46. The van der Waals surface area contributed by atoms with Gasteiger partial charge in [0.1, 0.15) is 0 Å². The van der Waals surface area contributed by atoms with E-state index in [1.165, 1.54) is 4.90 Å². The van der Waals surface area contributed by atoms with E-state index >= 15 is 0 Å². The monoisotopic (exact) mass is 335 g/mol. The molecule has 6 nitrogen and oxygen atoms in total. The van der Waals surface area contributed by atoms with Gasteiger partial charge in [-0.05, 0) is 23.8 Å². The number of likely N-dealkylation sites (tertiary alicyclic amines) is 1. The van der Waals surface area contributed by atoms with Crippen molar-refractivity contribution in [1.29, 1.82) is 0 Å². The summed E-state index contributed by atoms with van der Waals surface area (Å²) in [5, 5.41) is 10.4. The van der Waals surface area contributed by atoms with Crippen molar-refractivity contribution in [2.75, 3.05) is 13.2 Å². The third-order valence-electron chi connectivity index (χ3n) is 4.50. The van der Waals surface area contributed by atoms with Crippen LogP contribution in [0.3, 0.4) is 0 Å². The molecule has 1 fully saturated rings. The number of aromatic nitrogens is 2. The predicted octanol–water partition coefficient (Wildman–Crippen LogP) is 3.36. The summed E-state index contributed by atoms with van der Waals surface area (Å²) in [6.45, 7) is 0.858. The van der Waals surface area contributed by atoms with Crippen LogP contribution in [0.4, 0.5) is 4.79 Å². The molecule has 2 atom stereocenters.